The van der Waals surface area contributed by atoms with E-state index >= 15 is 0 Å². The maximum atomic E-state index is 13.5. The van der Waals surface area contributed by atoms with Crippen LogP contribution in [0, 0.1) is 5.92 Å². The summed E-state index contributed by atoms with van der Waals surface area (Å²) in [5.41, 5.74) is -0.0439. The van der Waals surface area contributed by atoms with Gasteiger partial charge in [-0.1, -0.05) is 38.3 Å². The number of aromatic hydroxyl groups is 1. The third kappa shape index (κ3) is 7.11. The largest absolute Gasteiger partial charge is 0.508 e. The summed E-state index contributed by atoms with van der Waals surface area (Å²) in [6, 6.07) is 5.57. The van der Waals surface area contributed by atoms with E-state index in [0.29, 0.717) is 5.56 Å². The van der Waals surface area contributed by atoms with Crippen molar-refractivity contribution in [3.05, 3.63) is 29.8 Å². The van der Waals surface area contributed by atoms with E-state index in [4.69, 9.17) is 4.74 Å². The Morgan fingerprint density at radius 1 is 1.12 bits per heavy atom. The molecule has 1 aromatic rings. The third-order valence-corrected chi connectivity index (χ3v) is 6.18. The average Bonchev–Trinajstić information content (AvgIpc) is 3.46. The Kier molecular flexibility index (Phi) is 7.87. The predicted molar refractivity (Wildman–Crippen MR) is 125 cm³/mol. The number of carbonyl (C=O) groups is 3. The first kappa shape index (κ1) is 24.9. The molecule has 2 fully saturated rings. The van der Waals surface area contributed by atoms with E-state index in [1.165, 1.54) is 18.6 Å². The van der Waals surface area contributed by atoms with Gasteiger partial charge in [0.2, 0.25) is 11.8 Å². The molecule has 3 amide bonds. The molecular weight excluding hydrogens is 422 g/mol. The zero-order valence-corrected chi connectivity index (χ0v) is 20.1. The van der Waals surface area contributed by atoms with Gasteiger partial charge in [-0.15, -0.1) is 0 Å². The smallest absolute Gasteiger partial charge is 0.408 e. The van der Waals surface area contributed by atoms with Crippen molar-refractivity contribution in [2.75, 3.05) is 6.54 Å². The molecule has 0 bridgehead atoms. The molecule has 0 spiro atoms. The summed E-state index contributed by atoms with van der Waals surface area (Å²) in [5, 5.41) is 15.4. The van der Waals surface area contributed by atoms with Gasteiger partial charge in [0.25, 0.3) is 0 Å². The molecule has 8 nitrogen and oxygen atoms in total. The van der Waals surface area contributed by atoms with E-state index in [1.54, 1.807) is 37.8 Å². The number of nitrogens with one attached hydrogen (secondary N) is 2. The van der Waals surface area contributed by atoms with Crippen LogP contribution in [0.3, 0.4) is 0 Å². The minimum absolute atomic E-state index is 0.0890. The van der Waals surface area contributed by atoms with Crippen molar-refractivity contribution in [1.82, 2.24) is 15.5 Å². The lowest BCUT2D eigenvalue weighted by atomic mass is 9.94. The van der Waals surface area contributed by atoms with E-state index in [9.17, 15) is 19.5 Å². The van der Waals surface area contributed by atoms with Gasteiger partial charge in [0.05, 0.1) is 0 Å². The fraction of sp³-hybridized carbons (Fsp3) is 0.640. The SMILES string of the molecule is CC1CC1N(C(=O)CNC(=O)OC(C)(C)C)C(C(=O)NC1CCCCC1)c1ccc(O)cc1. The number of phenols is 1. The van der Waals surface area contributed by atoms with Crippen LogP contribution in [0.1, 0.15) is 77.8 Å². The fourth-order valence-electron chi connectivity index (χ4n) is 4.39. The summed E-state index contributed by atoms with van der Waals surface area (Å²) >= 11 is 0. The number of phenolic OH excluding ortho intramolecular Hbond substituents is 1. The van der Waals surface area contributed by atoms with Crippen LogP contribution in [0.15, 0.2) is 24.3 Å². The van der Waals surface area contributed by atoms with Gasteiger partial charge in [-0.05, 0) is 63.6 Å². The number of nitrogens with zero attached hydrogens (tertiary/aromatic N) is 1. The molecule has 3 atom stereocenters. The molecule has 0 aromatic heterocycles. The van der Waals surface area contributed by atoms with E-state index in [2.05, 4.69) is 10.6 Å². The molecule has 2 aliphatic carbocycles. The Morgan fingerprint density at radius 3 is 2.27 bits per heavy atom. The van der Waals surface area contributed by atoms with E-state index in [-0.39, 0.29) is 42.1 Å². The van der Waals surface area contributed by atoms with Crippen molar-refractivity contribution in [2.45, 2.75) is 89.9 Å². The summed E-state index contributed by atoms with van der Waals surface area (Å²) in [6.45, 7) is 7.04. The van der Waals surface area contributed by atoms with Crippen molar-refractivity contribution < 1.29 is 24.2 Å². The quantitative estimate of drug-likeness (QED) is 0.577. The molecule has 0 aliphatic heterocycles. The van der Waals surface area contributed by atoms with Crippen molar-refractivity contribution >= 4 is 17.9 Å². The van der Waals surface area contributed by atoms with Crippen molar-refractivity contribution in [3.8, 4) is 5.75 Å². The molecule has 2 aliphatic rings. The first-order valence-electron chi connectivity index (χ1n) is 11.9. The van der Waals surface area contributed by atoms with E-state index in [1.807, 2.05) is 6.92 Å². The summed E-state index contributed by atoms with van der Waals surface area (Å²) < 4.78 is 5.24. The Balaban J connectivity index is 1.81. The zero-order chi connectivity index (χ0) is 24.2. The van der Waals surface area contributed by atoms with Crippen LogP contribution in [-0.4, -0.2) is 52.1 Å². The van der Waals surface area contributed by atoms with E-state index < -0.39 is 17.7 Å². The second kappa shape index (κ2) is 10.4. The molecular formula is C25H37N3O5. The standard InChI is InChI=1S/C25H37N3O5/c1-16-14-20(16)28(21(30)15-26-24(32)33-25(2,3)4)22(17-10-12-19(29)13-11-17)23(31)27-18-8-6-5-7-9-18/h10-13,16,18,20,22,29H,5-9,14-15H2,1-4H3,(H,26,32)(H,27,31). The normalized spacial score (nSPS) is 21.6. The van der Waals surface area contributed by atoms with Gasteiger partial charge in [0, 0.05) is 12.1 Å². The van der Waals surface area contributed by atoms with Crippen LogP contribution in [-0.2, 0) is 14.3 Å². The number of hydrogen-bond acceptors (Lipinski definition) is 5. The van der Waals surface area contributed by atoms with Gasteiger partial charge in [0.1, 0.15) is 23.9 Å². The predicted octanol–water partition coefficient (Wildman–Crippen LogP) is 3.64. The number of benzene rings is 1. The van der Waals surface area contributed by atoms with Gasteiger partial charge in [0.15, 0.2) is 0 Å². The highest BCUT2D eigenvalue weighted by molar-refractivity contribution is 5.91. The van der Waals surface area contributed by atoms with Gasteiger partial charge < -0.3 is 25.4 Å². The van der Waals surface area contributed by atoms with Gasteiger partial charge in [-0.25, -0.2) is 4.79 Å². The Bertz CT molecular complexity index is 843. The molecule has 3 unspecified atom stereocenters. The molecule has 0 radical (unpaired) electrons. The highest BCUT2D eigenvalue weighted by Gasteiger charge is 2.46. The van der Waals surface area contributed by atoms with Crippen LogP contribution in [0.4, 0.5) is 4.79 Å². The lowest BCUT2D eigenvalue weighted by molar-refractivity contribution is -0.141. The maximum Gasteiger partial charge on any atom is 0.408 e. The Hall–Kier alpha value is -2.77. The lowest BCUT2D eigenvalue weighted by Crippen LogP contribution is -2.50. The molecule has 33 heavy (non-hydrogen) atoms. The van der Waals surface area contributed by atoms with Crippen LogP contribution in [0.2, 0.25) is 0 Å². The Morgan fingerprint density at radius 2 is 1.73 bits per heavy atom. The van der Waals surface area contributed by atoms with Crippen LogP contribution >= 0.6 is 0 Å². The van der Waals surface area contributed by atoms with Crippen molar-refractivity contribution in [2.24, 2.45) is 5.92 Å². The second-order valence-electron chi connectivity index (χ2n) is 10.3. The number of alkyl carbamates (subject to hydrolysis) is 1. The van der Waals surface area contributed by atoms with Crippen LogP contribution < -0.4 is 10.6 Å². The van der Waals surface area contributed by atoms with Crippen LogP contribution in [0.5, 0.6) is 5.75 Å². The second-order valence-corrected chi connectivity index (χ2v) is 10.3. The first-order valence-corrected chi connectivity index (χ1v) is 11.9. The molecule has 3 N–H and O–H groups in total. The zero-order valence-electron chi connectivity index (χ0n) is 20.1. The fourth-order valence-corrected chi connectivity index (χ4v) is 4.39. The highest BCUT2D eigenvalue weighted by atomic mass is 16.6. The third-order valence-electron chi connectivity index (χ3n) is 6.18. The average molecular weight is 460 g/mol. The topological polar surface area (TPSA) is 108 Å². The Labute approximate surface area is 196 Å². The molecule has 0 heterocycles. The first-order chi connectivity index (χ1) is 15.5. The molecule has 3 rings (SSSR count). The maximum absolute atomic E-state index is 13.5. The molecule has 0 saturated heterocycles. The molecule has 182 valence electrons. The summed E-state index contributed by atoms with van der Waals surface area (Å²) in [4.78, 5) is 40.6. The number of amides is 3. The van der Waals surface area contributed by atoms with E-state index in [0.717, 1.165) is 32.1 Å². The summed E-state index contributed by atoms with van der Waals surface area (Å²) in [5.74, 6) is -0.212. The van der Waals surface area contributed by atoms with Crippen molar-refractivity contribution in [1.29, 1.82) is 0 Å². The molecule has 2 saturated carbocycles. The summed E-state index contributed by atoms with van der Waals surface area (Å²) in [7, 11) is 0. The minimum atomic E-state index is -0.838. The van der Waals surface area contributed by atoms with Gasteiger partial charge in [-0.3, -0.25) is 9.59 Å². The van der Waals surface area contributed by atoms with Gasteiger partial charge >= 0.3 is 6.09 Å². The number of rotatable bonds is 7. The number of ether oxygens (including phenoxy) is 1. The summed E-state index contributed by atoms with van der Waals surface area (Å²) in [6.07, 6.45) is 5.32. The molecule has 1 aromatic carbocycles. The molecule has 8 heteroatoms. The lowest BCUT2D eigenvalue weighted by Gasteiger charge is -2.34. The monoisotopic (exact) mass is 459 g/mol. The van der Waals surface area contributed by atoms with Crippen LogP contribution in [0.25, 0.3) is 0 Å². The van der Waals surface area contributed by atoms with Crippen molar-refractivity contribution in [3.63, 3.8) is 0 Å². The van der Waals surface area contributed by atoms with Gasteiger partial charge in [-0.2, -0.15) is 0 Å². The number of carbonyl (C=O) groups excluding carboxylic acids is 3. The minimum Gasteiger partial charge on any atom is -0.508 e. The number of hydrogen-bond donors (Lipinski definition) is 3. The highest BCUT2D eigenvalue weighted by Crippen LogP contribution is 2.40.